The molecule has 0 amide bonds. The van der Waals surface area contributed by atoms with Gasteiger partial charge >= 0.3 is 0 Å². The predicted molar refractivity (Wildman–Crippen MR) is 125 cm³/mol. The molecule has 0 unspecified atom stereocenters. The fourth-order valence-corrected chi connectivity index (χ4v) is 4.08. The van der Waals surface area contributed by atoms with Gasteiger partial charge in [0.2, 0.25) is 0 Å². The summed E-state index contributed by atoms with van der Waals surface area (Å²) < 4.78 is 7.75. The molecular weight excluding hydrogens is 418 g/mol. The van der Waals surface area contributed by atoms with Crippen molar-refractivity contribution in [1.29, 1.82) is 0 Å². The van der Waals surface area contributed by atoms with Gasteiger partial charge < -0.3 is 20.5 Å². The lowest BCUT2D eigenvalue weighted by atomic mass is 9.99. The molecule has 0 aliphatic rings. The summed E-state index contributed by atoms with van der Waals surface area (Å²) >= 11 is 0. The van der Waals surface area contributed by atoms with Crippen LogP contribution in [0, 0.1) is 13.8 Å². The Morgan fingerprint density at radius 3 is 2.70 bits per heavy atom. The molecule has 0 aliphatic heterocycles. The second-order valence-corrected chi connectivity index (χ2v) is 7.72. The van der Waals surface area contributed by atoms with Crippen LogP contribution in [0.25, 0.3) is 39.2 Å². The normalized spacial score (nSPS) is 11.5. The van der Waals surface area contributed by atoms with Crippen LogP contribution in [0.1, 0.15) is 11.1 Å². The van der Waals surface area contributed by atoms with E-state index >= 15 is 0 Å². The molecule has 0 saturated heterocycles. The Labute approximate surface area is 187 Å². The second kappa shape index (κ2) is 7.16. The molecule has 10 nitrogen and oxygen atoms in total. The van der Waals surface area contributed by atoms with Crippen LogP contribution in [-0.2, 0) is 0 Å². The number of para-hydroxylation sites is 1. The highest BCUT2D eigenvalue weighted by Crippen LogP contribution is 2.39. The Morgan fingerprint density at radius 2 is 1.91 bits per heavy atom. The number of nitrogens with one attached hydrogen (secondary N) is 2. The zero-order valence-corrected chi connectivity index (χ0v) is 17.9. The molecule has 4 heterocycles. The number of aromatic nitrogens is 7. The third-order valence-corrected chi connectivity index (χ3v) is 5.51. The molecule has 0 radical (unpaired) electrons. The third kappa shape index (κ3) is 2.99. The first kappa shape index (κ1) is 19.0. The van der Waals surface area contributed by atoms with Gasteiger partial charge in [-0.3, -0.25) is 0 Å². The van der Waals surface area contributed by atoms with E-state index in [1.54, 1.807) is 17.2 Å². The van der Waals surface area contributed by atoms with Gasteiger partial charge in [-0.1, -0.05) is 24.3 Å². The Bertz CT molecular complexity index is 1620. The number of aromatic amines is 1. The zero-order valence-electron chi connectivity index (χ0n) is 17.9. The number of oxazole rings is 1. The quantitative estimate of drug-likeness (QED) is 0.371. The van der Waals surface area contributed by atoms with Gasteiger partial charge in [0.25, 0.3) is 6.01 Å². The monoisotopic (exact) mass is 437 g/mol. The average molecular weight is 437 g/mol. The Morgan fingerprint density at radius 1 is 1.06 bits per heavy atom. The van der Waals surface area contributed by atoms with E-state index in [2.05, 4.69) is 31.3 Å². The smallest absolute Gasteiger partial charge is 0.300 e. The molecule has 0 spiro atoms. The van der Waals surface area contributed by atoms with Gasteiger partial charge in [0, 0.05) is 17.4 Å². The largest absolute Gasteiger partial charge is 0.423 e. The molecule has 33 heavy (non-hydrogen) atoms. The van der Waals surface area contributed by atoms with Crippen molar-refractivity contribution in [2.24, 2.45) is 0 Å². The van der Waals surface area contributed by atoms with E-state index in [1.165, 1.54) is 6.33 Å². The van der Waals surface area contributed by atoms with Crippen molar-refractivity contribution in [1.82, 2.24) is 34.7 Å². The molecule has 10 heteroatoms. The highest BCUT2D eigenvalue weighted by molar-refractivity contribution is 6.06. The Balaban J connectivity index is 1.62. The molecule has 162 valence electrons. The summed E-state index contributed by atoms with van der Waals surface area (Å²) in [7, 11) is 0. The third-order valence-electron chi connectivity index (χ3n) is 5.51. The first-order valence-corrected chi connectivity index (χ1v) is 10.3. The maximum atomic E-state index is 6.30. The van der Waals surface area contributed by atoms with E-state index in [-0.39, 0.29) is 0 Å². The van der Waals surface area contributed by atoms with E-state index in [1.807, 2.05) is 44.2 Å². The number of H-pyrrole nitrogens is 1. The van der Waals surface area contributed by atoms with Crippen LogP contribution in [0.15, 0.2) is 59.7 Å². The van der Waals surface area contributed by atoms with Crippen molar-refractivity contribution in [2.75, 3.05) is 11.1 Å². The van der Waals surface area contributed by atoms with Crippen molar-refractivity contribution in [3.63, 3.8) is 0 Å². The number of nitrogens with two attached hydrogens (primary N) is 1. The molecule has 0 atom stereocenters. The molecule has 6 aromatic rings. The second-order valence-electron chi connectivity index (χ2n) is 7.72. The first-order valence-electron chi connectivity index (χ1n) is 10.3. The molecule has 0 aliphatic carbocycles. The Kier molecular flexibility index (Phi) is 4.12. The minimum Gasteiger partial charge on any atom is -0.423 e. The summed E-state index contributed by atoms with van der Waals surface area (Å²) in [6.07, 6.45) is 4.74. The minimum absolute atomic E-state index is 0.330. The van der Waals surface area contributed by atoms with E-state index < -0.39 is 0 Å². The van der Waals surface area contributed by atoms with Gasteiger partial charge in [-0.15, -0.1) is 0 Å². The number of aryl methyl sites for hydroxylation is 2. The summed E-state index contributed by atoms with van der Waals surface area (Å²) in [6.45, 7) is 4.01. The summed E-state index contributed by atoms with van der Waals surface area (Å²) in [6, 6.07) is 12.2. The minimum atomic E-state index is 0.330. The summed E-state index contributed by atoms with van der Waals surface area (Å²) in [5, 5.41) is 8.71. The summed E-state index contributed by atoms with van der Waals surface area (Å²) in [5.41, 5.74) is 12.5. The standard InChI is InChI=1S/C23H19N9O/c1-12-8-13(2)20-19(30-23(33-20)29-14-6-4-3-5-7-14)16(12)18-17-21(24)27-11-28-22(17)32(31-18)15-9-25-10-26-15/h3-11H,1-2H3,(H,25,26)(H,29,30)(H2,24,27,28). The lowest BCUT2D eigenvalue weighted by molar-refractivity contribution is 0.620. The van der Waals surface area contributed by atoms with E-state index in [0.717, 1.165) is 22.4 Å². The van der Waals surface area contributed by atoms with Gasteiger partial charge in [-0.05, 0) is 37.1 Å². The van der Waals surface area contributed by atoms with Crippen molar-refractivity contribution in [3.8, 4) is 17.1 Å². The maximum Gasteiger partial charge on any atom is 0.300 e. The summed E-state index contributed by atoms with van der Waals surface area (Å²) in [4.78, 5) is 20.7. The van der Waals surface area contributed by atoms with Gasteiger partial charge in [0.05, 0.1) is 11.7 Å². The first-order chi connectivity index (χ1) is 16.1. The van der Waals surface area contributed by atoms with Crippen LogP contribution in [-0.4, -0.2) is 34.7 Å². The average Bonchev–Trinajstić information content (AvgIpc) is 3.54. The number of benzene rings is 2. The number of imidazole rings is 1. The molecular formula is C23H19N9O. The molecule has 4 aromatic heterocycles. The number of rotatable bonds is 4. The van der Waals surface area contributed by atoms with E-state index in [9.17, 15) is 0 Å². The number of anilines is 3. The lowest BCUT2D eigenvalue weighted by Gasteiger charge is -2.06. The van der Waals surface area contributed by atoms with Crippen LogP contribution in [0.5, 0.6) is 0 Å². The predicted octanol–water partition coefficient (Wildman–Crippen LogP) is 4.29. The number of fused-ring (bicyclic) bond motifs is 2. The van der Waals surface area contributed by atoms with Gasteiger partial charge in [0.15, 0.2) is 17.0 Å². The summed E-state index contributed by atoms with van der Waals surface area (Å²) in [5.74, 6) is 0.924. The number of hydrogen-bond donors (Lipinski definition) is 3. The van der Waals surface area contributed by atoms with Gasteiger partial charge in [0.1, 0.15) is 23.4 Å². The van der Waals surface area contributed by atoms with E-state index in [4.69, 9.17) is 20.2 Å². The number of hydrogen-bond acceptors (Lipinski definition) is 8. The number of nitrogen functional groups attached to an aromatic ring is 1. The molecule has 2 aromatic carbocycles. The highest BCUT2D eigenvalue weighted by Gasteiger charge is 2.24. The van der Waals surface area contributed by atoms with Crippen LogP contribution < -0.4 is 11.1 Å². The van der Waals surface area contributed by atoms with Crippen molar-refractivity contribution < 1.29 is 4.42 Å². The highest BCUT2D eigenvalue weighted by atomic mass is 16.4. The molecule has 4 N–H and O–H groups in total. The van der Waals surface area contributed by atoms with E-state index in [0.29, 0.717) is 45.5 Å². The van der Waals surface area contributed by atoms with Crippen molar-refractivity contribution in [2.45, 2.75) is 13.8 Å². The SMILES string of the molecule is Cc1cc(C)c2oc(Nc3ccccc3)nc2c1-c1nn(-c2c[nH]cn2)c2ncnc(N)c12. The molecule has 0 fully saturated rings. The lowest BCUT2D eigenvalue weighted by Crippen LogP contribution is -1.99. The van der Waals surface area contributed by atoms with Crippen LogP contribution >= 0.6 is 0 Å². The number of nitrogens with zero attached hydrogens (tertiary/aromatic N) is 6. The van der Waals surface area contributed by atoms with Gasteiger partial charge in [-0.2, -0.15) is 14.8 Å². The van der Waals surface area contributed by atoms with Crippen molar-refractivity contribution >= 4 is 39.7 Å². The van der Waals surface area contributed by atoms with Gasteiger partial charge in [-0.25, -0.2) is 15.0 Å². The maximum absolute atomic E-state index is 6.30. The molecule has 0 bridgehead atoms. The van der Waals surface area contributed by atoms with Crippen LogP contribution in [0.2, 0.25) is 0 Å². The molecule has 6 rings (SSSR count). The van der Waals surface area contributed by atoms with Crippen LogP contribution in [0.4, 0.5) is 17.5 Å². The zero-order chi connectivity index (χ0) is 22.5. The molecule has 0 saturated carbocycles. The Hall–Kier alpha value is -4.73. The topological polar surface area (TPSA) is 136 Å². The fraction of sp³-hybridized carbons (Fsp3) is 0.0870. The fourth-order valence-electron chi connectivity index (χ4n) is 4.08. The van der Waals surface area contributed by atoms with Crippen LogP contribution in [0.3, 0.4) is 0 Å². The van der Waals surface area contributed by atoms with Crippen molar-refractivity contribution in [3.05, 3.63) is 66.4 Å².